The fourth-order valence-electron chi connectivity index (χ4n) is 1.16. The summed E-state index contributed by atoms with van der Waals surface area (Å²) in [7, 11) is 0. The molecule has 0 spiro atoms. The van der Waals surface area contributed by atoms with E-state index in [1.807, 2.05) is 6.92 Å². The number of carbonyl (C=O) groups is 1. The number of carboxylic acid groups (broad SMARTS) is 1. The van der Waals surface area contributed by atoms with E-state index < -0.39 is 5.97 Å². The number of rotatable bonds is 6. The lowest BCUT2D eigenvalue weighted by atomic mass is 9.95. The number of carboxylic acids is 1. The van der Waals surface area contributed by atoms with E-state index in [0.717, 1.165) is 12.8 Å². The minimum absolute atomic E-state index is 0.205. The summed E-state index contributed by atoms with van der Waals surface area (Å²) in [4.78, 5) is 10.2. The molecule has 0 aliphatic rings. The Morgan fingerprint density at radius 3 is 2.17 bits per heavy atom. The van der Waals surface area contributed by atoms with Crippen molar-refractivity contribution in [1.29, 1.82) is 0 Å². The van der Waals surface area contributed by atoms with E-state index in [1.54, 1.807) is 0 Å². The minimum Gasteiger partial charge on any atom is -0.550 e. The molecule has 0 heterocycles. The molecule has 0 radical (unpaired) electrons. The van der Waals surface area contributed by atoms with E-state index in [2.05, 4.69) is 13.8 Å². The average molecular weight is 171 g/mol. The molecule has 12 heavy (non-hydrogen) atoms. The van der Waals surface area contributed by atoms with Crippen LogP contribution in [-0.4, -0.2) is 5.97 Å². The van der Waals surface area contributed by atoms with Gasteiger partial charge in [-0.25, -0.2) is 0 Å². The van der Waals surface area contributed by atoms with Crippen molar-refractivity contribution < 1.29 is 9.90 Å². The van der Waals surface area contributed by atoms with Crippen molar-refractivity contribution in [3.05, 3.63) is 0 Å². The summed E-state index contributed by atoms with van der Waals surface area (Å²) < 4.78 is 0. The molecular weight excluding hydrogens is 152 g/mol. The lowest BCUT2D eigenvalue weighted by Gasteiger charge is -2.14. The van der Waals surface area contributed by atoms with E-state index >= 15 is 0 Å². The maximum Gasteiger partial charge on any atom is 0.0416 e. The maximum absolute atomic E-state index is 10.2. The SMILES string of the molecule is CC[C@@H](C)CC[C@H](C)CC(=O)[O-]. The molecule has 0 aromatic carbocycles. The second kappa shape index (κ2) is 6.04. The quantitative estimate of drug-likeness (QED) is 0.609. The van der Waals surface area contributed by atoms with E-state index in [4.69, 9.17) is 0 Å². The highest BCUT2D eigenvalue weighted by atomic mass is 16.4. The molecule has 72 valence electrons. The molecule has 2 heteroatoms. The molecule has 0 amide bonds. The van der Waals surface area contributed by atoms with Gasteiger partial charge in [0.1, 0.15) is 0 Å². The predicted molar refractivity (Wildman–Crippen MR) is 47.5 cm³/mol. The second-order valence-electron chi connectivity index (χ2n) is 3.77. The summed E-state index contributed by atoms with van der Waals surface area (Å²) in [5.74, 6) is 0.0601. The van der Waals surface area contributed by atoms with E-state index in [1.165, 1.54) is 6.42 Å². The molecule has 0 aliphatic carbocycles. The summed E-state index contributed by atoms with van der Waals surface area (Å²) in [6.45, 7) is 6.33. The topological polar surface area (TPSA) is 40.1 Å². The van der Waals surface area contributed by atoms with Crippen LogP contribution in [-0.2, 0) is 4.79 Å². The van der Waals surface area contributed by atoms with Gasteiger partial charge in [0.2, 0.25) is 0 Å². The highest BCUT2D eigenvalue weighted by Gasteiger charge is 2.05. The van der Waals surface area contributed by atoms with Gasteiger partial charge >= 0.3 is 0 Å². The Labute approximate surface area is 75.0 Å². The van der Waals surface area contributed by atoms with Crippen LogP contribution >= 0.6 is 0 Å². The van der Waals surface area contributed by atoms with Crippen LogP contribution < -0.4 is 5.11 Å². The summed E-state index contributed by atoms with van der Waals surface area (Å²) in [6, 6.07) is 0. The summed E-state index contributed by atoms with van der Waals surface area (Å²) in [5.41, 5.74) is 0. The number of hydrogen-bond acceptors (Lipinski definition) is 2. The molecule has 0 aromatic rings. The Morgan fingerprint density at radius 1 is 1.25 bits per heavy atom. The Balaban J connectivity index is 3.43. The zero-order valence-electron chi connectivity index (χ0n) is 8.30. The summed E-state index contributed by atoms with van der Waals surface area (Å²) in [5, 5.41) is 10.2. The molecule has 0 saturated heterocycles. The van der Waals surface area contributed by atoms with Gasteiger partial charge in [-0.2, -0.15) is 0 Å². The highest BCUT2D eigenvalue weighted by molar-refractivity contribution is 5.64. The first-order chi connectivity index (χ1) is 5.56. The van der Waals surface area contributed by atoms with Gasteiger partial charge in [0.05, 0.1) is 0 Å². The fourth-order valence-corrected chi connectivity index (χ4v) is 1.16. The zero-order chi connectivity index (χ0) is 9.56. The van der Waals surface area contributed by atoms with Gasteiger partial charge in [-0.1, -0.05) is 40.0 Å². The van der Waals surface area contributed by atoms with Crippen molar-refractivity contribution in [2.24, 2.45) is 11.8 Å². The van der Waals surface area contributed by atoms with Gasteiger partial charge < -0.3 is 9.90 Å². The Hall–Kier alpha value is -0.530. The van der Waals surface area contributed by atoms with Crippen LogP contribution in [0.3, 0.4) is 0 Å². The number of aliphatic carboxylic acids is 1. The first-order valence-electron chi connectivity index (χ1n) is 4.76. The van der Waals surface area contributed by atoms with Crippen LogP contribution in [0.1, 0.15) is 46.5 Å². The molecule has 0 aliphatic heterocycles. The van der Waals surface area contributed by atoms with Crippen LogP contribution in [0, 0.1) is 11.8 Å². The van der Waals surface area contributed by atoms with E-state index in [0.29, 0.717) is 5.92 Å². The lowest BCUT2D eigenvalue weighted by molar-refractivity contribution is -0.306. The Kier molecular flexibility index (Phi) is 5.77. The Morgan fingerprint density at radius 2 is 1.75 bits per heavy atom. The fraction of sp³-hybridized carbons (Fsp3) is 0.900. The van der Waals surface area contributed by atoms with Crippen molar-refractivity contribution in [2.75, 3.05) is 0 Å². The molecule has 2 nitrogen and oxygen atoms in total. The van der Waals surface area contributed by atoms with Crippen LogP contribution in [0.25, 0.3) is 0 Å². The Bertz CT molecular complexity index is 132. The smallest absolute Gasteiger partial charge is 0.0416 e. The predicted octanol–water partition coefficient (Wildman–Crippen LogP) is 1.59. The van der Waals surface area contributed by atoms with E-state index in [9.17, 15) is 9.90 Å². The average Bonchev–Trinajstić information content (AvgIpc) is 1.99. The van der Waals surface area contributed by atoms with Crippen molar-refractivity contribution in [3.8, 4) is 0 Å². The van der Waals surface area contributed by atoms with Crippen molar-refractivity contribution >= 4 is 5.97 Å². The molecule has 0 unspecified atom stereocenters. The molecule has 0 fully saturated rings. The van der Waals surface area contributed by atoms with Gasteiger partial charge in [0.15, 0.2) is 0 Å². The van der Waals surface area contributed by atoms with Crippen molar-refractivity contribution in [2.45, 2.75) is 46.5 Å². The third-order valence-electron chi connectivity index (χ3n) is 2.36. The van der Waals surface area contributed by atoms with Gasteiger partial charge in [-0.3, -0.25) is 0 Å². The van der Waals surface area contributed by atoms with Crippen LogP contribution in [0.2, 0.25) is 0 Å². The first kappa shape index (κ1) is 11.5. The third-order valence-corrected chi connectivity index (χ3v) is 2.36. The second-order valence-corrected chi connectivity index (χ2v) is 3.77. The first-order valence-corrected chi connectivity index (χ1v) is 4.76. The third kappa shape index (κ3) is 6.20. The summed E-state index contributed by atoms with van der Waals surface area (Å²) in [6.07, 6.45) is 3.52. The number of carbonyl (C=O) groups excluding carboxylic acids is 1. The van der Waals surface area contributed by atoms with Crippen LogP contribution in [0.15, 0.2) is 0 Å². The number of hydrogen-bond donors (Lipinski definition) is 0. The van der Waals surface area contributed by atoms with E-state index in [-0.39, 0.29) is 12.3 Å². The van der Waals surface area contributed by atoms with Gasteiger partial charge in [-0.05, 0) is 18.3 Å². The lowest BCUT2D eigenvalue weighted by Crippen LogP contribution is -2.24. The molecule has 0 N–H and O–H groups in total. The normalized spacial score (nSPS) is 15.6. The molecule has 0 aromatic heterocycles. The molecular formula is C10H19O2-. The summed E-state index contributed by atoms with van der Waals surface area (Å²) >= 11 is 0. The van der Waals surface area contributed by atoms with Gasteiger partial charge in [-0.15, -0.1) is 0 Å². The van der Waals surface area contributed by atoms with Crippen molar-refractivity contribution in [1.82, 2.24) is 0 Å². The molecule has 0 bridgehead atoms. The highest BCUT2D eigenvalue weighted by Crippen LogP contribution is 2.16. The largest absolute Gasteiger partial charge is 0.550 e. The van der Waals surface area contributed by atoms with Gasteiger partial charge in [0, 0.05) is 5.97 Å². The zero-order valence-corrected chi connectivity index (χ0v) is 8.30. The van der Waals surface area contributed by atoms with Gasteiger partial charge in [0.25, 0.3) is 0 Å². The monoisotopic (exact) mass is 171 g/mol. The van der Waals surface area contributed by atoms with Crippen LogP contribution in [0.5, 0.6) is 0 Å². The minimum atomic E-state index is -0.924. The van der Waals surface area contributed by atoms with Crippen molar-refractivity contribution in [3.63, 3.8) is 0 Å². The molecule has 2 atom stereocenters. The molecule has 0 rings (SSSR count). The maximum atomic E-state index is 10.2. The molecule has 0 saturated carbocycles. The van der Waals surface area contributed by atoms with Crippen LogP contribution in [0.4, 0.5) is 0 Å². The standard InChI is InChI=1S/C10H20O2/c1-4-8(2)5-6-9(3)7-10(11)12/h8-9H,4-7H2,1-3H3,(H,11,12)/p-1/t8-,9+/m1/s1.